The van der Waals surface area contributed by atoms with E-state index in [-0.39, 0.29) is 18.3 Å². The number of nitrogens with two attached hydrogens (primary N) is 1. The van der Waals surface area contributed by atoms with Crippen molar-refractivity contribution in [2.75, 3.05) is 13.7 Å². The molecule has 13 heavy (non-hydrogen) atoms. The minimum absolute atomic E-state index is 0.00745. The molecule has 0 rings (SSSR count). The molecular formula is C7H15N3O3. The van der Waals surface area contributed by atoms with Crippen molar-refractivity contribution in [3.8, 4) is 0 Å². The van der Waals surface area contributed by atoms with Gasteiger partial charge in [0.25, 0.3) is 0 Å². The average molecular weight is 189 g/mol. The zero-order chi connectivity index (χ0) is 10.3. The number of nitrogens with one attached hydrogen (secondary N) is 1. The molecule has 4 N–H and O–H groups in total. The number of nitrogens with zero attached hydrogens (tertiary/aromatic N) is 1. The van der Waals surface area contributed by atoms with Gasteiger partial charge in [-0.1, -0.05) is 12.1 Å². The molecule has 0 aliphatic heterocycles. The molecule has 1 amide bonds. The predicted octanol–water partition coefficient (Wildman–Crippen LogP) is -0.726. The number of methoxy groups -OCH3 is 1. The van der Waals surface area contributed by atoms with E-state index in [4.69, 9.17) is 10.9 Å². The van der Waals surface area contributed by atoms with E-state index in [0.29, 0.717) is 6.42 Å². The van der Waals surface area contributed by atoms with Gasteiger partial charge in [-0.2, -0.15) is 0 Å². The van der Waals surface area contributed by atoms with Crippen LogP contribution >= 0.6 is 0 Å². The topological polar surface area (TPSA) is 96.9 Å². The van der Waals surface area contributed by atoms with Crippen LogP contribution in [-0.4, -0.2) is 36.7 Å². The van der Waals surface area contributed by atoms with Crippen LogP contribution in [0.2, 0.25) is 0 Å². The zero-order valence-corrected chi connectivity index (χ0v) is 7.78. The number of hydrogen-bond donors (Lipinski definition) is 3. The quantitative estimate of drug-likeness (QED) is 0.230. The molecule has 6 heteroatoms. The van der Waals surface area contributed by atoms with Gasteiger partial charge in [-0.05, 0) is 6.42 Å². The van der Waals surface area contributed by atoms with E-state index in [1.165, 1.54) is 7.11 Å². The van der Waals surface area contributed by atoms with Crippen LogP contribution in [0.15, 0.2) is 5.16 Å². The van der Waals surface area contributed by atoms with Crippen LogP contribution in [0.25, 0.3) is 0 Å². The number of hydrogen-bond acceptors (Lipinski definition) is 4. The maximum Gasteiger partial charge on any atom is 0.246 e. The first-order chi connectivity index (χ1) is 6.15. The van der Waals surface area contributed by atoms with Crippen molar-refractivity contribution in [2.24, 2.45) is 10.9 Å². The summed E-state index contributed by atoms with van der Waals surface area (Å²) < 4.78 is 4.61. The molecule has 0 fully saturated rings. The summed E-state index contributed by atoms with van der Waals surface area (Å²) in [6.45, 7) is 1.78. The summed E-state index contributed by atoms with van der Waals surface area (Å²) in [5.41, 5.74) is 5.32. The Labute approximate surface area is 76.7 Å². The van der Waals surface area contributed by atoms with Crippen LogP contribution in [0.5, 0.6) is 0 Å². The standard InChI is InChI=1S/C7H15N3O3/c1-3-5(7(8)10-12)9-6(11)4-13-2/h5,12H,3-4H2,1-2H3,(H2,8,10)(H,9,11). The maximum atomic E-state index is 11.0. The van der Waals surface area contributed by atoms with E-state index in [1.54, 1.807) is 0 Å². The fourth-order valence-corrected chi connectivity index (χ4v) is 0.822. The molecule has 0 heterocycles. The molecule has 76 valence electrons. The normalized spacial score (nSPS) is 13.8. The van der Waals surface area contributed by atoms with Gasteiger partial charge in [-0.25, -0.2) is 0 Å². The van der Waals surface area contributed by atoms with E-state index in [1.807, 2.05) is 6.92 Å². The lowest BCUT2D eigenvalue weighted by atomic mass is 10.2. The van der Waals surface area contributed by atoms with Crippen molar-refractivity contribution < 1.29 is 14.7 Å². The van der Waals surface area contributed by atoms with Gasteiger partial charge in [0.2, 0.25) is 5.91 Å². The molecule has 0 aromatic carbocycles. The van der Waals surface area contributed by atoms with Crippen molar-refractivity contribution in [3.05, 3.63) is 0 Å². The molecule has 0 saturated carbocycles. The highest BCUT2D eigenvalue weighted by molar-refractivity contribution is 5.90. The Hall–Kier alpha value is -1.30. The van der Waals surface area contributed by atoms with Crippen molar-refractivity contribution in [3.63, 3.8) is 0 Å². The van der Waals surface area contributed by atoms with E-state index in [2.05, 4.69) is 15.2 Å². The second kappa shape index (κ2) is 6.24. The summed E-state index contributed by atoms with van der Waals surface area (Å²) in [5.74, 6) is -0.298. The monoisotopic (exact) mass is 189 g/mol. The van der Waals surface area contributed by atoms with Crippen LogP contribution in [0.1, 0.15) is 13.3 Å². The van der Waals surface area contributed by atoms with Crippen LogP contribution in [-0.2, 0) is 9.53 Å². The van der Waals surface area contributed by atoms with Crippen LogP contribution in [0, 0.1) is 0 Å². The highest BCUT2D eigenvalue weighted by atomic mass is 16.5. The van der Waals surface area contributed by atoms with Gasteiger partial charge >= 0.3 is 0 Å². The van der Waals surface area contributed by atoms with Gasteiger partial charge in [-0.3, -0.25) is 4.79 Å². The van der Waals surface area contributed by atoms with Gasteiger partial charge in [0.1, 0.15) is 6.61 Å². The molecule has 6 nitrogen and oxygen atoms in total. The summed E-state index contributed by atoms with van der Waals surface area (Å²) in [5, 5.41) is 13.7. The lowest BCUT2D eigenvalue weighted by Gasteiger charge is -2.14. The van der Waals surface area contributed by atoms with Gasteiger partial charge in [0.15, 0.2) is 5.84 Å². The van der Waals surface area contributed by atoms with E-state index >= 15 is 0 Å². The number of rotatable bonds is 5. The van der Waals surface area contributed by atoms with Gasteiger partial charge in [0.05, 0.1) is 6.04 Å². The van der Waals surface area contributed by atoms with Crippen LogP contribution in [0.3, 0.4) is 0 Å². The molecule has 0 aromatic heterocycles. The Bertz CT molecular complexity index is 193. The lowest BCUT2D eigenvalue weighted by molar-refractivity contribution is -0.125. The molecular weight excluding hydrogens is 174 g/mol. The van der Waals surface area contributed by atoms with Crippen molar-refractivity contribution >= 4 is 11.7 Å². The predicted molar refractivity (Wildman–Crippen MR) is 47.5 cm³/mol. The first-order valence-corrected chi connectivity index (χ1v) is 3.91. The third kappa shape index (κ3) is 4.32. The van der Waals surface area contributed by atoms with Crippen molar-refractivity contribution in [1.82, 2.24) is 5.32 Å². The number of ether oxygens (including phenoxy) is 1. The number of carbonyl (C=O) groups is 1. The minimum Gasteiger partial charge on any atom is -0.409 e. The first kappa shape index (κ1) is 11.7. The molecule has 0 aliphatic carbocycles. The van der Waals surface area contributed by atoms with Gasteiger partial charge in [0, 0.05) is 7.11 Å². The molecule has 1 unspecified atom stereocenters. The van der Waals surface area contributed by atoms with Crippen molar-refractivity contribution in [2.45, 2.75) is 19.4 Å². The number of amides is 1. The molecule has 0 aliphatic rings. The molecule has 0 saturated heterocycles. The van der Waals surface area contributed by atoms with Crippen LogP contribution in [0.4, 0.5) is 0 Å². The summed E-state index contributed by atoms with van der Waals surface area (Å²) in [4.78, 5) is 11.0. The number of carbonyl (C=O) groups excluding carboxylic acids is 1. The molecule has 0 bridgehead atoms. The van der Waals surface area contributed by atoms with Gasteiger partial charge < -0.3 is 21.0 Å². The second-order valence-corrected chi connectivity index (χ2v) is 2.49. The third-order valence-electron chi connectivity index (χ3n) is 1.49. The van der Waals surface area contributed by atoms with Crippen molar-refractivity contribution in [1.29, 1.82) is 0 Å². The molecule has 0 aromatic rings. The molecule has 1 atom stereocenters. The average Bonchev–Trinajstić information content (AvgIpc) is 2.13. The Kier molecular flexibility index (Phi) is 5.62. The largest absolute Gasteiger partial charge is 0.409 e. The summed E-state index contributed by atoms with van der Waals surface area (Å²) >= 11 is 0. The lowest BCUT2D eigenvalue weighted by Crippen LogP contribution is -2.45. The number of oxime groups is 1. The number of amidine groups is 1. The molecule has 0 radical (unpaired) electrons. The van der Waals surface area contributed by atoms with E-state index in [0.717, 1.165) is 0 Å². The summed E-state index contributed by atoms with van der Waals surface area (Å²) in [7, 11) is 1.42. The summed E-state index contributed by atoms with van der Waals surface area (Å²) in [6, 6.07) is -0.437. The molecule has 0 spiro atoms. The van der Waals surface area contributed by atoms with Gasteiger partial charge in [-0.15, -0.1) is 0 Å². The highest BCUT2D eigenvalue weighted by Crippen LogP contribution is 1.90. The summed E-state index contributed by atoms with van der Waals surface area (Å²) in [6.07, 6.45) is 0.561. The van der Waals surface area contributed by atoms with E-state index in [9.17, 15) is 4.79 Å². The first-order valence-electron chi connectivity index (χ1n) is 3.91. The minimum atomic E-state index is -0.437. The zero-order valence-electron chi connectivity index (χ0n) is 7.78. The third-order valence-corrected chi connectivity index (χ3v) is 1.49. The smallest absolute Gasteiger partial charge is 0.246 e. The van der Waals surface area contributed by atoms with E-state index < -0.39 is 6.04 Å². The Morgan fingerprint density at radius 2 is 2.38 bits per heavy atom. The Morgan fingerprint density at radius 1 is 1.77 bits per heavy atom. The SMILES string of the molecule is CCC(NC(=O)COC)/C(N)=N/O. The Morgan fingerprint density at radius 3 is 2.77 bits per heavy atom. The highest BCUT2D eigenvalue weighted by Gasteiger charge is 2.13. The Balaban J connectivity index is 4.05. The fraction of sp³-hybridized carbons (Fsp3) is 0.714. The van der Waals surface area contributed by atoms with Crippen LogP contribution < -0.4 is 11.1 Å². The second-order valence-electron chi connectivity index (χ2n) is 2.49. The maximum absolute atomic E-state index is 11.0. The fourth-order valence-electron chi connectivity index (χ4n) is 0.822.